The summed E-state index contributed by atoms with van der Waals surface area (Å²) in [5, 5.41) is 6.21. The van der Waals surface area contributed by atoms with Crippen LogP contribution in [0.25, 0.3) is 0 Å². The predicted molar refractivity (Wildman–Crippen MR) is 79.2 cm³/mol. The van der Waals surface area contributed by atoms with E-state index in [0.29, 0.717) is 17.6 Å². The molecule has 1 aliphatic carbocycles. The van der Waals surface area contributed by atoms with Crippen molar-refractivity contribution in [1.82, 2.24) is 15.3 Å². The van der Waals surface area contributed by atoms with Gasteiger partial charge in [-0.3, -0.25) is 4.79 Å². The summed E-state index contributed by atoms with van der Waals surface area (Å²) in [7, 11) is 0. The van der Waals surface area contributed by atoms with Crippen molar-refractivity contribution < 1.29 is 9.53 Å². The highest BCUT2D eigenvalue weighted by Crippen LogP contribution is 2.18. The molecule has 1 amide bonds. The van der Waals surface area contributed by atoms with Gasteiger partial charge in [-0.1, -0.05) is 12.8 Å². The summed E-state index contributed by atoms with van der Waals surface area (Å²) >= 11 is 0. The minimum absolute atomic E-state index is 0.125. The number of nitrogens with zero attached hydrogens (tertiary/aromatic N) is 2. The van der Waals surface area contributed by atoms with Gasteiger partial charge in [-0.2, -0.15) is 0 Å². The van der Waals surface area contributed by atoms with Gasteiger partial charge in [0.1, 0.15) is 11.5 Å². The zero-order valence-electron chi connectivity index (χ0n) is 12.2. The lowest BCUT2D eigenvalue weighted by atomic mass is 10.2. The highest BCUT2D eigenvalue weighted by molar-refractivity contribution is 5.92. The highest BCUT2D eigenvalue weighted by Gasteiger charge is 2.19. The zero-order chi connectivity index (χ0) is 14.5. The number of hydrogen-bond acceptors (Lipinski definition) is 5. The summed E-state index contributed by atoms with van der Waals surface area (Å²) in [6.07, 6.45) is 10.1. The molecular formula is C15H22N4O2. The van der Waals surface area contributed by atoms with E-state index in [1.807, 2.05) is 0 Å². The fourth-order valence-electron chi connectivity index (χ4n) is 2.89. The van der Waals surface area contributed by atoms with E-state index in [-0.39, 0.29) is 12.0 Å². The quantitative estimate of drug-likeness (QED) is 0.864. The third-order valence-corrected chi connectivity index (χ3v) is 4.11. The van der Waals surface area contributed by atoms with Gasteiger partial charge < -0.3 is 15.4 Å². The third-order valence-electron chi connectivity index (χ3n) is 4.11. The van der Waals surface area contributed by atoms with Gasteiger partial charge in [0.25, 0.3) is 5.91 Å². The van der Waals surface area contributed by atoms with E-state index >= 15 is 0 Å². The molecule has 3 rings (SSSR count). The number of carbonyl (C=O) groups excluding carboxylic acids is 1. The van der Waals surface area contributed by atoms with Crippen LogP contribution in [-0.2, 0) is 4.74 Å². The van der Waals surface area contributed by atoms with E-state index in [1.165, 1.54) is 19.0 Å². The Bertz CT molecular complexity index is 465. The average Bonchev–Trinajstić information content (AvgIpc) is 3.19. The normalized spacial score (nSPS) is 22.4. The number of aromatic nitrogens is 2. The molecule has 2 N–H and O–H groups in total. The van der Waals surface area contributed by atoms with Gasteiger partial charge in [-0.05, 0) is 25.7 Å². The van der Waals surface area contributed by atoms with Gasteiger partial charge in [0.15, 0.2) is 0 Å². The Morgan fingerprint density at radius 3 is 2.71 bits per heavy atom. The van der Waals surface area contributed by atoms with Crippen molar-refractivity contribution in [2.45, 2.75) is 50.7 Å². The molecule has 2 fully saturated rings. The molecule has 1 atom stereocenters. The molecule has 2 aliphatic rings. The molecule has 6 heteroatoms. The molecular weight excluding hydrogens is 268 g/mol. The maximum absolute atomic E-state index is 12.0. The van der Waals surface area contributed by atoms with Crippen LogP contribution >= 0.6 is 0 Å². The molecule has 0 bridgehead atoms. The Morgan fingerprint density at radius 2 is 2.05 bits per heavy atom. The standard InChI is InChI=1S/C15H22N4O2/c20-15(19-11-4-1-2-5-11)13-9-18-14(10-16-13)17-8-12-6-3-7-21-12/h9-12H,1-8H2,(H,17,18)(H,19,20). The molecule has 0 radical (unpaired) electrons. The summed E-state index contributed by atoms with van der Waals surface area (Å²) in [5.74, 6) is 0.558. The van der Waals surface area contributed by atoms with Crippen LogP contribution in [0, 0.1) is 0 Å². The van der Waals surface area contributed by atoms with Crippen LogP contribution in [-0.4, -0.2) is 41.2 Å². The molecule has 0 spiro atoms. The van der Waals surface area contributed by atoms with Gasteiger partial charge in [0, 0.05) is 19.2 Å². The van der Waals surface area contributed by atoms with Crippen molar-refractivity contribution in [2.75, 3.05) is 18.5 Å². The van der Waals surface area contributed by atoms with Gasteiger partial charge in [-0.15, -0.1) is 0 Å². The Kier molecular flexibility index (Phi) is 4.65. The average molecular weight is 290 g/mol. The summed E-state index contributed by atoms with van der Waals surface area (Å²) in [6, 6.07) is 0.302. The molecule has 114 valence electrons. The first-order valence-electron chi connectivity index (χ1n) is 7.79. The number of anilines is 1. The molecule has 1 aromatic heterocycles. The van der Waals surface area contributed by atoms with E-state index in [9.17, 15) is 4.79 Å². The molecule has 1 aliphatic heterocycles. The molecule has 21 heavy (non-hydrogen) atoms. The first kappa shape index (κ1) is 14.3. The molecule has 6 nitrogen and oxygen atoms in total. The van der Waals surface area contributed by atoms with Crippen molar-refractivity contribution in [2.24, 2.45) is 0 Å². The number of amides is 1. The lowest BCUT2D eigenvalue weighted by molar-refractivity contribution is 0.0932. The van der Waals surface area contributed by atoms with Gasteiger partial charge in [0.2, 0.25) is 0 Å². The second kappa shape index (κ2) is 6.85. The summed E-state index contributed by atoms with van der Waals surface area (Å²) in [6.45, 7) is 1.58. The van der Waals surface area contributed by atoms with E-state index < -0.39 is 0 Å². The zero-order valence-corrected chi connectivity index (χ0v) is 12.2. The van der Waals surface area contributed by atoms with Crippen LogP contribution in [0.4, 0.5) is 5.82 Å². The Hall–Kier alpha value is -1.69. The van der Waals surface area contributed by atoms with Crippen LogP contribution in [0.1, 0.15) is 49.0 Å². The molecule has 1 saturated heterocycles. The van der Waals surface area contributed by atoms with Crippen LogP contribution in [0.3, 0.4) is 0 Å². The van der Waals surface area contributed by atoms with E-state index in [4.69, 9.17) is 4.74 Å². The number of carbonyl (C=O) groups is 1. The Balaban J connectivity index is 1.49. The molecule has 1 saturated carbocycles. The second-order valence-electron chi connectivity index (χ2n) is 5.76. The van der Waals surface area contributed by atoms with Crippen LogP contribution < -0.4 is 10.6 Å². The lowest BCUT2D eigenvalue weighted by Gasteiger charge is -2.12. The van der Waals surface area contributed by atoms with Crippen molar-refractivity contribution >= 4 is 11.7 Å². The topological polar surface area (TPSA) is 76.1 Å². The maximum atomic E-state index is 12.0. The van der Waals surface area contributed by atoms with Gasteiger partial charge in [-0.25, -0.2) is 9.97 Å². The van der Waals surface area contributed by atoms with E-state index in [1.54, 1.807) is 6.20 Å². The third kappa shape index (κ3) is 3.91. The van der Waals surface area contributed by atoms with Crippen LogP contribution in [0.5, 0.6) is 0 Å². The smallest absolute Gasteiger partial charge is 0.271 e. The maximum Gasteiger partial charge on any atom is 0.271 e. The highest BCUT2D eigenvalue weighted by atomic mass is 16.5. The fraction of sp³-hybridized carbons (Fsp3) is 0.667. The Morgan fingerprint density at radius 1 is 1.19 bits per heavy atom. The Labute approximate surface area is 124 Å². The summed E-state index contributed by atoms with van der Waals surface area (Å²) in [5.41, 5.74) is 0.379. The molecule has 2 heterocycles. The number of hydrogen-bond donors (Lipinski definition) is 2. The first-order valence-corrected chi connectivity index (χ1v) is 7.79. The largest absolute Gasteiger partial charge is 0.376 e. The SMILES string of the molecule is O=C(NC1CCCC1)c1cnc(NCC2CCCO2)cn1. The summed E-state index contributed by atoms with van der Waals surface area (Å²) in [4.78, 5) is 20.5. The number of rotatable bonds is 5. The van der Waals surface area contributed by atoms with Crippen molar-refractivity contribution in [3.8, 4) is 0 Å². The van der Waals surface area contributed by atoms with Crippen molar-refractivity contribution in [3.05, 3.63) is 18.1 Å². The fourth-order valence-corrected chi connectivity index (χ4v) is 2.89. The van der Waals surface area contributed by atoms with Crippen molar-refractivity contribution in [1.29, 1.82) is 0 Å². The van der Waals surface area contributed by atoms with Gasteiger partial charge in [0.05, 0.1) is 18.5 Å². The van der Waals surface area contributed by atoms with Crippen molar-refractivity contribution in [3.63, 3.8) is 0 Å². The van der Waals surface area contributed by atoms with Crippen LogP contribution in [0.15, 0.2) is 12.4 Å². The number of ether oxygens (including phenoxy) is 1. The van der Waals surface area contributed by atoms with E-state index in [0.717, 1.165) is 38.8 Å². The monoisotopic (exact) mass is 290 g/mol. The van der Waals surface area contributed by atoms with E-state index in [2.05, 4.69) is 20.6 Å². The van der Waals surface area contributed by atoms with Gasteiger partial charge >= 0.3 is 0 Å². The second-order valence-corrected chi connectivity index (χ2v) is 5.76. The molecule has 1 unspecified atom stereocenters. The molecule has 1 aromatic rings. The summed E-state index contributed by atoms with van der Waals surface area (Å²) < 4.78 is 5.54. The minimum Gasteiger partial charge on any atom is -0.376 e. The number of nitrogens with one attached hydrogen (secondary N) is 2. The molecule has 0 aromatic carbocycles. The minimum atomic E-state index is -0.125. The first-order chi connectivity index (χ1) is 10.3. The lowest BCUT2D eigenvalue weighted by Crippen LogP contribution is -2.33. The predicted octanol–water partition coefficient (Wildman–Crippen LogP) is 1.74. The van der Waals surface area contributed by atoms with Crippen LogP contribution in [0.2, 0.25) is 0 Å².